The number of hydrogen-bond donors (Lipinski definition) is 1. The van der Waals surface area contributed by atoms with Crippen molar-refractivity contribution in [3.8, 4) is 11.3 Å². The lowest BCUT2D eigenvalue weighted by Gasteiger charge is -2.08. The van der Waals surface area contributed by atoms with Crippen LogP contribution < -0.4 is 0 Å². The van der Waals surface area contributed by atoms with Gasteiger partial charge in [-0.25, -0.2) is 9.78 Å². The van der Waals surface area contributed by atoms with Gasteiger partial charge >= 0.3 is 5.97 Å². The van der Waals surface area contributed by atoms with Crippen LogP contribution in [0.2, 0.25) is 0 Å². The fourth-order valence-corrected chi connectivity index (χ4v) is 3.50. The minimum absolute atomic E-state index is 0.00162. The molecule has 3 heterocycles. The number of rotatable bonds is 2. The van der Waals surface area contributed by atoms with E-state index in [2.05, 4.69) is 15.2 Å². The Kier molecular flexibility index (Phi) is 3.06. The topological polar surface area (TPSA) is 101 Å². The molecule has 1 aliphatic rings. The number of aromatic nitrogens is 4. The smallest absolute Gasteiger partial charge is 0.335 e. The van der Waals surface area contributed by atoms with Crippen molar-refractivity contribution in [2.45, 2.75) is 6.54 Å². The number of carbonyl (C=O) groups excluding carboxylic acids is 1. The van der Waals surface area contributed by atoms with E-state index in [1.54, 1.807) is 34.8 Å². The molecule has 1 N–H and O–H groups in total. The van der Waals surface area contributed by atoms with Crippen molar-refractivity contribution in [1.29, 1.82) is 0 Å². The lowest BCUT2D eigenvalue weighted by Crippen LogP contribution is -2.17. The maximum Gasteiger partial charge on any atom is 0.335 e. The number of benzene rings is 2. The molecule has 5 rings (SSSR count). The fourth-order valence-electron chi connectivity index (χ4n) is 3.50. The summed E-state index contributed by atoms with van der Waals surface area (Å²) < 4.78 is 1.79. The van der Waals surface area contributed by atoms with Gasteiger partial charge in [0.15, 0.2) is 5.65 Å². The highest BCUT2D eigenvalue weighted by Crippen LogP contribution is 2.30. The Morgan fingerprint density at radius 2 is 2.04 bits per heavy atom. The first-order chi connectivity index (χ1) is 13.0. The van der Waals surface area contributed by atoms with E-state index >= 15 is 0 Å². The standard InChI is InChI=1S/C19H13N5O3/c1-23-8-12-6-10(2-4-13(12)18(23)25)16-17-22-20-9-24(17)15-5-3-11(19(26)27)7-14(15)21-16/h2-7,9H,8H2,1H3,(H,26,27). The molecule has 4 aromatic rings. The maximum absolute atomic E-state index is 12.1. The molecular formula is C19H13N5O3. The van der Waals surface area contributed by atoms with Crippen molar-refractivity contribution < 1.29 is 14.7 Å². The average Bonchev–Trinajstić information content (AvgIpc) is 3.25. The number of carboxylic acid groups (broad SMARTS) is 1. The van der Waals surface area contributed by atoms with Gasteiger partial charge in [-0.15, -0.1) is 10.2 Å². The third-order valence-corrected chi connectivity index (χ3v) is 4.84. The molecule has 2 aromatic carbocycles. The molecule has 0 spiro atoms. The summed E-state index contributed by atoms with van der Waals surface area (Å²) in [6, 6.07) is 10.3. The van der Waals surface area contributed by atoms with Crippen LogP contribution in [0.3, 0.4) is 0 Å². The van der Waals surface area contributed by atoms with Gasteiger partial charge in [0.2, 0.25) is 0 Å². The van der Waals surface area contributed by atoms with Gasteiger partial charge in [-0.1, -0.05) is 6.07 Å². The van der Waals surface area contributed by atoms with Crippen LogP contribution in [0.4, 0.5) is 0 Å². The van der Waals surface area contributed by atoms with Crippen molar-refractivity contribution in [2.75, 3.05) is 7.05 Å². The third-order valence-electron chi connectivity index (χ3n) is 4.84. The summed E-state index contributed by atoms with van der Waals surface area (Å²) >= 11 is 0. The minimum atomic E-state index is -1.01. The lowest BCUT2D eigenvalue weighted by atomic mass is 10.0. The van der Waals surface area contributed by atoms with Gasteiger partial charge in [-0.05, 0) is 35.9 Å². The van der Waals surface area contributed by atoms with Gasteiger partial charge in [-0.2, -0.15) is 0 Å². The average molecular weight is 359 g/mol. The number of carbonyl (C=O) groups is 2. The number of nitrogens with zero attached hydrogens (tertiary/aromatic N) is 5. The van der Waals surface area contributed by atoms with Crippen LogP contribution in [-0.4, -0.2) is 48.5 Å². The molecule has 0 aliphatic carbocycles. The highest BCUT2D eigenvalue weighted by atomic mass is 16.4. The molecule has 1 aliphatic heterocycles. The highest BCUT2D eigenvalue weighted by Gasteiger charge is 2.25. The molecule has 8 heteroatoms. The molecular weight excluding hydrogens is 346 g/mol. The summed E-state index contributed by atoms with van der Waals surface area (Å²) in [6.45, 7) is 0.543. The normalized spacial score (nSPS) is 13.5. The summed E-state index contributed by atoms with van der Waals surface area (Å²) in [4.78, 5) is 29.8. The van der Waals surface area contributed by atoms with E-state index < -0.39 is 5.97 Å². The van der Waals surface area contributed by atoms with E-state index in [0.717, 1.165) is 16.6 Å². The summed E-state index contributed by atoms with van der Waals surface area (Å²) in [5, 5.41) is 17.4. The molecule has 0 saturated heterocycles. The first-order valence-electron chi connectivity index (χ1n) is 8.28. The Bertz CT molecular complexity index is 1280. The van der Waals surface area contributed by atoms with Gasteiger partial charge in [0.05, 0.1) is 16.6 Å². The van der Waals surface area contributed by atoms with Crippen molar-refractivity contribution >= 4 is 28.6 Å². The highest BCUT2D eigenvalue weighted by molar-refractivity contribution is 5.99. The van der Waals surface area contributed by atoms with Crippen molar-refractivity contribution in [2.24, 2.45) is 0 Å². The molecule has 0 bridgehead atoms. The number of fused-ring (bicyclic) bond motifs is 4. The predicted octanol–water partition coefficient (Wildman–Crippen LogP) is 2.23. The van der Waals surface area contributed by atoms with Crippen LogP contribution in [0.1, 0.15) is 26.3 Å². The van der Waals surface area contributed by atoms with E-state index in [0.29, 0.717) is 29.0 Å². The first kappa shape index (κ1) is 15.4. The quantitative estimate of drug-likeness (QED) is 0.589. The van der Waals surface area contributed by atoms with Crippen molar-refractivity contribution in [1.82, 2.24) is 24.5 Å². The van der Waals surface area contributed by atoms with Crippen LogP contribution in [0.25, 0.3) is 27.9 Å². The number of carboxylic acids is 1. The lowest BCUT2D eigenvalue weighted by molar-refractivity contribution is 0.0696. The Morgan fingerprint density at radius 3 is 2.85 bits per heavy atom. The van der Waals surface area contributed by atoms with Crippen LogP contribution in [0, 0.1) is 0 Å². The van der Waals surface area contributed by atoms with Crippen LogP contribution >= 0.6 is 0 Å². The molecule has 0 radical (unpaired) electrons. The number of aromatic carboxylic acids is 1. The molecule has 0 unspecified atom stereocenters. The van der Waals surface area contributed by atoms with Gasteiger partial charge in [-0.3, -0.25) is 9.20 Å². The van der Waals surface area contributed by atoms with Gasteiger partial charge in [0.1, 0.15) is 12.0 Å². The van der Waals surface area contributed by atoms with Gasteiger partial charge < -0.3 is 10.0 Å². The monoisotopic (exact) mass is 359 g/mol. The molecule has 8 nitrogen and oxygen atoms in total. The zero-order chi connectivity index (χ0) is 18.7. The Hall–Kier alpha value is -3.81. The van der Waals surface area contributed by atoms with E-state index in [1.165, 1.54) is 12.1 Å². The summed E-state index contributed by atoms with van der Waals surface area (Å²) in [5.74, 6) is -1.01. The molecule has 0 atom stereocenters. The molecule has 1 amide bonds. The summed E-state index contributed by atoms with van der Waals surface area (Å²) in [6.07, 6.45) is 1.58. The van der Waals surface area contributed by atoms with E-state index in [-0.39, 0.29) is 11.5 Å². The second-order valence-corrected chi connectivity index (χ2v) is 6.53. The second kappa shape index (κ2) is 5.34. The third kappa shape index (κ3) is 2.20. The molecule has 132 valence electrons. The van der Waals surface area contributed by atoms with E-state index in [4.69, 9.17) is 0 Å². The largest absolute Gasteiger partial charge is 0.478 e. The summed E-state index contributed by atoms with van der Waals surface area (Å²) in [7, 11) is 1.76. The first-order valence-corrected chi connectivity index (χ1v) is 8.28. The molecule has 0 fully saturated rings. The Balaban J connectivity index is 1.77. The Morgan fingerprint density at radius 1 is 1.19 bits per heavy atom. The second-order valence-electron chi connectivity index (χ2n) is 6.53. The maximum atomic E-state index is 12.1. The fraction of sp³-hybridized carbons (Fsp3) is 0.105. The van der Waals surface area contributed by atoms with Crippen molar-refractivity contribution in [3.63, 3.8) is 0 Å². The molecule has 0 saturated carbocycles. The number of amides is 1. The van der Waals surface area contributed by atoms with E-state index in [1.807, 2.05) is 12.1 Å². The minimum Gasteiger partial charge on any atom is -0.478 e. The zero-order valence-electron chi connectivity index (χ0n) is 14.2. The van der Waals surface area contributed by atoms with Gasteiger partial charge in [0, 0.05) is 24.7 Å². The number of hydrogen-bond acceptors (Lipinski definition) is 5. The predicted molar refractivity (Wildman–Crippen MR) is 96.5 cm³/mol. The zero-order valence-corrected chi connectivity index (χ0v) is 14.2. The molecule has 2 aromatic heterocycles. The van der Waals surface area contributed by atoms with Gasteiger partial charge in [0.25, 0.3) is 5.91 Å². The SMILES string of the molecule is CN1Cc2cc(-c3nc4cc(C(=O)O)ccc4n4cnnc34)ccc2C1=O. The molecule has 27 heavy (non-hydrogen) atoms. The van der Waals surface area contributed by atoms with Crippen LogP contribution in [0.5, 0.6) is 0 Å². The summed E-state index contributed by atoms with van der Waals surface area (Å²) in [5.41, 5.74) is 5.00. The van der Waals surface area contributed by atoms with Crippen LogP contribution in [0.15, 0.2) is 42.7 Å². The van der Waals surface area contributed by atoms with E-state index in [9.17, 15) is 14.7 Å². The van der Waals surface area contributed by atoms with Crippen molar-refractivity contribution in [3.05, 3.63) is 59.4 Å². The Labute approximate surface area is 152 Å². The van der Waals surface area contributed by atoms with Crippen LogP contribution in [-0.2, 0) is 6.54 Å².